The molecule has 0 unspecified atom stereocenters. The van der Waals surface area contributed by atoms with Crippen LogP contribution >= 0.6 is 0 Å². The third-order valence-corrected chi connectivity index (χ3v) is 3.47. The van der Waals surface area contributed by atoms with E-state index in [0.29, 0.717) is 5.95 Å². The fourth-order valence-electron chi connectivity index (χ4n) is 2.14. The number of nitrogens with zero attached hydrogens (tertiary/aromatic N) is 4. The molecular formula is C13H23N5. The van der Waals surface area contributed by atoms with Crippen LogP contribution in [0.15, 0.2) is 6.20 Å². The molecule has 1 fully saturated rings. The lowest BCUT2D eigenvalue weighted by molar-refractivity contribution is 0.436. The molecule has 18 heavy (non-hydrogen) atoms. The van der Waals surface area contributed by atoms with Crippen LogP contribution in [0.2, 0.25) is 0 Å². The van der Waals surface area contributed by atoms with E-state index in [9.17, 15) is 0 Å². The summed E-state index contributed by atoms with van der Waals surface area (Å²) in [6, 6.07) is 0. The number of piperidine rings is 1. The normalized spacial score (nSPS) is 16.9. The zero-order valence-electron chi connectivity index (χ0n) is 11.4. The first kappa shape index (κ1) is 13.1. The van der Waals surface area contributed by atoms with Crippen LogP contribution < -0.4 is 10.2 Å². The Hall–Kier alpha value is -1.39. The number of unbranched alkanes of at least 4 members (excludes halogenated alkanes) is 1. The van der Waals surface area contributed by atoms with Crippen LogP contribution in [0.5, 0.6) is 0 Å². The highest BCUT2D eigenvalue weighted by atomic mass is 15.3. The molecule has 1 aliphatic rings. The quantitative estimate of drug-likeness (QED) is 0.812. The highest BCUT2D eigenvalue weighted by Gasteiger charge is 2.17. The summed E-state index contributed by atoms with van der Waals surface area (Å²) >= 11 is 0. The standard InChI is InChI=1S/C13H23N5/c1-3-4-7-14-13-16-12(10-15-17-13)18-8-5-11(2)6-9-18/h10-11H,3-9H2,1-2H3,(H,14,16,17). The molecule has 0 bridgehead atoms. The summed E-state index contributed by atoms with van der Waals surface area (Å²) in [5.41, 5.74) is 0. The molecule has 100 valence electrons. The van der Waals surface area contributed by atoms with Crippen LogP contribution in [0.25, 0.3) is 0 Å². The molecule has 5 heteroatoms. The number of hydrogen-bond acceptors (Lipinski definition) is 5. The lowest BCUT2D eigenvalue weighted by Gasteiger charge is -2.30. The summed E-state index contributed by atoms with van der Waals surface area (Å²) in [5.74, 6) is 2.44. The first-order valence-corrected chi connectivity index (χ1v) is 6.98. The molecule has 5 nitrogen and oxygen atoms in total. The van der Waals surface area contributed by atoms with Crippen molar-refractivity contribution in [3.05, 3.63) is 6.20 Å². The molecule has 2 rings (SSSR count). The van der Waals surface area contributed by atoms with Crippen LogP contribution in [0, 0.1) is 5.92 Å². The number of rotatable bonds is 5. The van der Waals surface area contributed by atoms with Crippen molar-refractivity contribution >= 4 is 11.8 Å². The second-order valence-electron chi connectivity index (χ2n) is 5.09. The zero-order chi connectivity index (χ0) is 12.8. The predicted molar refractivity (Wildman–Crippen MR) is 73.8 cm³/mol. The van der Waals surface area contributed by atoms with E-state index in [-0.39, 0.29) is 0 Å². The van der Waals surface area contributed by atoms with Crippen molar-refractivity contribution in [1.82, 2.24) is 15.2 Å². The molecule has 0 spiro atoms. The van der Waals surface area contributed by atoms with E-state index in [1.807, 2.05) is 0 Å². The van der Waals surface area contributed by atoms with E-state index in [2.05, 4.69) is 39.2 Å². The van der Waals surface area contributed by atoms with Crippen molar-refractivity contribution in [2.45, 2.75) is 39.5 Å². The van der Waals surface area contributed by atoms with E-state index in [1.54, 1.807) is 6.20 Å². The first-order chi connectivity index (χ1) is 8.79. The topological polar surface area (TPSA) is 53.9 Å². The second-order valence-corrected chi connectivity index (χ2v) is 5.09. The van der Waals surface area contributed by atoms with Crippen molar-refractivity contribution in [1.29, 1.82) is 0 Å². The summed E-state index contributed by atoms with van der Waals surface area (Å²) in [5, 5.41) is 11.3. The zero-order valence-corrected chi connectivity index (χ0v) is 11.4. The van der Waals surface area contributed by atoms with Gasteiger partial charge in [-0.15, -0.1) is 5.10 Å². The first-order valence-electron chi connectivity index (χ1n) is 6.98. The molecule has 0 saturated carbocycles. The van der Waals surface area contributed by atoms with Gasteiger partial charge >= 0.3 is 0 Å². The average Bonchev–Trinajstić information content (AvgIpc) is 2.40. The maximum Gasteiger partial charge on any atom is 0.244 e. The molecule has 0 amide bonds. The molecule has 0 aromatic carbocycles. The Bertz CT molecular complexity index is 360. The van der Waals surface area contributed by atoms with Crippen molar-refractivity contribution in [3.8, 4) is 0 Å². The minimum atomic E-state index is 0.652. The van der Waals surface area contributed by atoms with Crippen molar-refractivity contribution < 1.29 is 0 Å². The van der Waals surface area contributed by atoms with Crippen LogP contribution in [-0.2, 0) is 0 Å². The third kappa shape index (κ3) is 3.55. The van der Waals surface area contributed by atoms with E-state index < -0.39 is 0 Å². The van der Waals surface area contributed by atoms with Crippen molar-refractivity contribution in [2.75, 3.05) is 29.9 Å². The van der Waals surface area contributed by atoms with Crippen molar-refractivity contribution in [3.63, 3.8) is 0 Å². The number of nitrogens with one attached hydrogen (secondary N) is 1. The van der Waals surface area contributed by atoms with E-state index in [0.717, 1.165) is 37.8 Å². The minimum absolute atomic E-state index is 0.652. The van der Waals surface area contributed by atoms with Crippen LogP contribution in [0.4, 0.5) is 11.8 Å². The van der Waals surface area contributed by atoms with Crippen LogP contribution in [0.1, 0.15) is 39.5 Å². The highest BCUT2D eigenvalue weighted by molar-refractivity contribution is 5.40. The largest absolute Gasteiger partial charge is 0.355 e. The molecule has 1 N–H and O–H groups in total. The molecule has 0 aliphatic carbocycles. The van der Waals surface area contributed by atoms with Crippen LogP contribution in [0.3, 0.4) is 0 Å². The van der Waals surface area contributed by atoms with Crippen molar-refractivity contribution in [2.24, 2.45) is 5.92 Å². The molecule has 1 aliphatic heterocycles. The average molecular weight is 249 g/mol. The van der Waals surface area contributed by atoms with Gasteiger partial charge in [0.1, 0.15) is 0 Å². The summed E-state index contributed by atoms with van der Waals surface area (Å²) in [7, 11) is 0. The smallest absolute Gasteiger partial charge is 0.244 e. The maximum absolute atomic E-state index is 4.53. The van der Waals surface area contributed by atoms with Gasteiger partial charge in [0.15, 0.2) is 5.82 Å². The minimum Gasteiger partial charge on any atom is -0.355 e. The van der Waals surface area contributed by atoms with Crippen LogP contribution in [-0.4, -0.2) is 34.8 Å². The van der Waals surface area contributed by atoms with E-state index in [4.69, 9.17) is 0 Å². The Kier molecular flexibility index (Phi) is 4.73. The Labute approximate surface area is 109 Å². The lowest BCUT2D eigenvalue weighted by Crippen LogP contribution is -2.33. The summed E-state index contributed by atoms with van der Waals surface area (Å²) < 4.78 is 0. The molecule has 1 aromatic heterocycles. The SMILES string of the molecule is CCCCNc1nncc(N2CCC(C)CC2)n1. The fourth-order valence-corrected chi connectivity index (χ4v) is 2.14. The Morgan fingerprint density at radius 1 is 1.39 bits per heavy atom. The Morgan fingerprint density at radius 3 is 2.89 bits per heavy atom. The van der Waals surface area contributed by atoms with Gasteiger partial charge in [-0.3, -0.25) is 0 Å². The van der Waals surface area contributed by atoms with Gasteiger partial charge in [0.25, 0.3) is 0 Å². The predicted octanol–water partition coefficient (Wildman–Crippen LogP) is 2.32. The summed E-state index contributed by atoms with van der Waals surface area (Å²) in [6.45, 7) is 7.56. The lowest BCUT2D eigenvalue weighted by atomic mass is 9.99. The Balaban J connectivity index is 1.94. The molecule has 1 aromatic rings. The molecule has 0 atom stereocenters. The monoisotopic (exact) mass is 249 g/mol. The summed E-state index contributed by atoms with van der Waals surface area (Å²) in [4.78, 5) is 6.84. The number of aromatic nitrogens is 3. The van der Waals surface area contributed by atoms with E-state index >= 15 is 0 Å². The molecule has 1 saturated heterocycles. The van der Waals surface area contributed by atoms with Gasteiger partial charge in [0.2, 0.25) is 5.95 Å². The number of hydrogen-bond donors (Lipinski definition) is 1. The third-order valence-electron chi connectivity index (χ3n) is 3.47. The second kappa shape index (κ2) is 6.52. The number of anilines is 2. The van der Waals surface area contributed by atoms with Gasteiger partial charge in [-0.25, -0.2) is 0 Å². The molecule has 0 radical (unpaired) electrons. The molecule has 2 heterocycles. The van der Waals surface area contributed by atoms with Gasteiger partial charge in [-0.2, -0.15) is 10.1 Å². The Morgan fingerprint density at radius 2 is 2.17 bits per heavy atom. The fraction of sp³-hybridized carbons (Fsp3) is 0.769. The highest BCUT2D eigenvalue weighted by Crippen LogP contribution is 2.20. The molecular weight excluding hydrogens is 226 g/mol. The van der Waals surface area contributed by atoms with Gasteiger partial charge in [-0.1, -0.05) is 20.3 Å². The summed E-state index contributed by atoms with van der Waals surface area (Å²) in [6.07, 6.45) is 6.55. The van der Waals surface area contributed by atoms with Gasteiger partial charge in [-0.05, 0) is 25.2 Å². The maximum atomic E-state index is 4.53. The van der Waals surface area contributed by atoms with Gasteiger partial charge in [0, 0.05) is 19.6 Å². The van der Waals surface area contributed by atoms with Gasteiger partial charge in [0.05, 0.1) is 6.20 Å². The van der Waals surface area contributed by atoms with E-state index in [1.165, 1.54) is 19.3 Å². The van der Waals surface area contributed by atoms with Gasteiger partial charge < -0.3 is 10.2 Å².